The van der Waals surface area contributed by atoms with E-state index < -0.39 is 5.97 Å². The molecule has 0 atom stereocenters. The van der Waals surface area contributed by atoms with Crippen molar-refractivity contribution >= 4 is 21.9 Å². The smallest absolute Gasteiger partial charge is 0.339 e. The summed E-state index contributed by atoms with van der Waals surface area (Å²) in [4.78, 5) is 11.2. The number of benzene rings is 1. The van der Waals surface area contributed by atoms with E-state index in [0.29, 0.717) is 18.0 Å². The van der Waals surface area contributed by atoms with Gasteiger partial charge in [0.15, 0.2) is 0 Å². The lowest BCUT2D eigenvalue weighted by molar-refractivity contribution is 0.0697. The Kier molecular flexibility index (Phi) is 3.90. The van der Waals surface area contributed by atoms with Gasteiger partial charge >= 0.3 is 5.97 Å². The van der Waals surface area contributed by atoms with E-state index >= 15 is 0 Å². The van der Waals surface area contributed by atoms with Crippen molar-refractivity contribution in [3.8, 4) is 17.0 Å². The minimum absolute atomic E-state index is 0.193. The molecule has 0 aliphatic carbocycles. The number of carbonyl (C=O) groups is 1. The van der Waals surface area contributed by atoms with E-state index in [9.17, 15) is 9.90 Å². The molecule has 0 amide bonds. The molecule has 0 unspecified atom stereocenters. The van der Waals surface area contributed by atoms with Crippen LogP contribution in [0.5, 0.6) is 5.75 Å². The van der Waals surface area contributed by atoms with Crippen LogP contribution in [0.4, 0.5) is 0 Å². The summed E-state index contributed by atoms with van der Waals surface area (Å²) in [6.07, 6.45) is 1.54. The zero-order valence-electron chi connectivity index (χ0n) is 10.6. The highest BCUT2D eigenvalue weighted by Gasteiger charge is 2.17. The fraction of sp³-hybridized carbons (Fsp3) is 0.231. The predicted molar refractivity (Wildman–Crippen MR) is 74.5 cm³/mol. The highest BCUT2D eigenvalue weighted by molar-refractivity contribution is 9.10. The first-order chi connectivity index (χ1) is 9.06. The van der Waals surface area contributed by atoms with Crippen LogP contribution in [0, 0.1) is 0 Å². The van der Waals surface area contributed by atoms with Crippen LogP contribution in [0.3, 0.4) is 0 Å². The molecule has 0 fully saturated rings. The molecular weight excluding hydrogens is 312 g/mol. The van der Waals surface area contributed by atoms with E-state index in [4.69, 9.17) is 4.74 Å². The topological polar surface area (TPSA) is 64.4 Å². The van der Waals surface area contributed by atoms with E-state index in [1.165, 1.54) is 6.20 Å². The Bertz CT molecular complexity index is 622. The van der Waals surface area contributed by atoms with E-state index in [1.54, 1.807) is 30.0 Å². The van der Waals surface area contributed by atoms with Crippen LogP contribution in [0.1, 0.15) is 17.3 Å². The number of nitrogens with zero attached hydrogens (tertiary/aromatic N) is 2. The van der Waals surface area contributed by atoms with Gasteiger partial charge < -0.3 is 9.84 Å². The Morgan fingerprint density at radius 3 is 2.79 bits per heavy atom. The largest absolute Gasteiger partial charge is 0.496 e. The van der Waals surface area contributed by atoms with Gasteiger partial charge in [-0.2, -0.15) is 5.10 Å². The summed E-state index contributed by atoms with van der Waals surface area (Å²) < 4.78 is 7.52. The van der Waals surface area contributed by atoms with Crippen LogP contribution >= 0.6 is 15.9 Å². The number of methoxy groups -OCH3 is 1. The van der Waals surface area contributed by atoms with Gasteiger partial charge in [0, 0.05) is 18.3 Å². The Balaban J connectivity index is 2.54. The number of hydrogen-bond donors (Lipinski definition) is 1. The van der Waals surface area contributed by atoms with Gasteiger partial charge in [0.25, 0.3) is 0 Å². The summed E-state index contributed by atoms with van der Waals surface area (Å²) in [5.74, 6) is -0.294. The first-order valence-electron chi connectivity index (χ1n) is 5.71. The van der Waals surface area contributed by atoms with Gasteiger partial charge in [-0.3, -0.25) is 4.68 Å². The lowest BCUT2D eigenvalue weighted by atomic mass is 10.1. The maximum absolute atomic E-state index is 11.2. The fourth-order valence-corrected chi connectivity index (χ4v) is 2.31. The normalized spacial score (nSPS) is 10.5. The lowest BCUT2D eigenvalue weighted by Crippen LogP contribution is -1.97. The van der Waals surface area contributed by atoms with Gasteiger partial charge in [-0.05, 0) is 41.1 Å². The van der Waals surface area contributed by atoms with E-state index in [-0.39, 0.29) is 5.56 Å². The maximum Gasteiger partial charge on any atom is 0.339 e. The van der Waals surface area contributed by atoms with Crippen molar-refractivity contribution in [1.29, 1.82) is 0 Å². The monoisotopic (exact) mass is 324 g/mol. The lowest BCUT2D eigenvalue weighted by Gasteiger charge is -2.05. The average molecular weight is 325 g/mol. The number of aryl methyl sites for hydroxylation is 1. The van der Waals surface area contributed by atoms with E-state index in [1.807, 2.05) is 6.92 Å². The molecule has 1 aromatic heterocycles. The van der Waals surface area contributed by atoms with Gasteiger partial charge in [0.1, 0.15) is 17.0 Å². The van der Waals surface area contributed by atoms with Crippen LogP contribution in [0.15, 0.2) is 28.9 Å². The van der Waals surface area contributed by atoms with Crippen LogP contribution in [-0.2, 0) is 6.54 Å². The van der Waals surface area contributed by atoms with Crippen molar-refractivity contribution in [2.45, 2.75) is 13.5 Å². The quantitative estimate of drug-likeness (QED) is 0.938. The van der Waals surface area contributed by atoms with Gasteiger partial charge in [-0.25, -0.2) is 4.79 Å². The van der Waals surface area contributed by atoms with Gasteiger partial charge in [-0.15, -0.1) is 0 Å². The molecule has 0 aliphatic heterocycles. The number of ether oxygens (including phenoxy) is 1. The molecule has 2 rings (SSSR count). The summed E-state index contributed by atoms with van der Waals surface area (Å²) in [7, 11) is 1.58. The SMILES string of the molecule is CCn1cc(C(=O)O)c(-c2ccc(OC)c(Br)c2)n1. The number of aromatic nitrogens is 2. The Labute approximate surface area is 118 Å². The number of halogens is 1. The molecule has 1 heterocycles. The van der Waals surface area contributed by atoms with E-state index in [2.05, 4.69) is 21.0 Å². The van der Waals surface area contributed by atoms with Gasteiger partial charge in [-0.1, -0.05) is 0 Å². The zero-order chi connectivity index (χ0) is 14.0. The molecule has 0 spiro atoms. The molecule has 19 heavy (non-hydrogen) atoms. The number of rotatable bonds is 4. The number of carboxylic acids is 1. The minimum Gasteiger partial charge on any atom is -0.496 e. The summed E-state index contributed by atoms with van der Waals surface area (Å²) in [6.45, 7) is 2.53. The van der Waals surface area contributed by atoms with Crippen LogP contribution in [0.25, 0.3) is 11.3 Å². The van der Waals surface area contributed by atoms with Crippen LogP contribution in [0.2, 0.25) is 0 Å². The van der Waals surface area contributed by atoms with Crippen molar-refractivity contribution in [1.82, 2.24) is 9.78 Å². The molecule has 0 saturated carbocycles. The van der Waals surface area contributed by atoms with Crippen molar-refractivity contribution in [2.75, 3.05) is 7.11 Å². The summed E-state index contributed by atoms with van der Waals surface area (Å²) in [5, 5.41) is 13.5. The Hall–Kier alpha value is -1.82. The van der Waals surface area contributed by atoms with Crippen molar-refractivity contribution < 1.29 is 14.6 Å². The van der Waals surface area contributed by atoms with Crippen molar-refractivity contribution in [2.24, 2.45) is 0 Å². The second-order valence-corrected chi connectivity index (χ2v) is 4.76. The molecule has 1 N–H and O–H groups in total. The minimum atomic E-state index is -0.985. The second kappa shape index (κ2) is 5.44. The third kappa shape index (κ3) is 2.63. The molecular formula is C13H13BrN2O3. The summed E-state index contributed by atoms with van der Waals surface area (Å²) in [5.41, 5.74) is 1.38. The molecule has 0 radical (unpaired) electrons. The third-order valence-electron chi connectivity index (χ3n) is 2.74. The fourth-order valence-electron chi connectivity index (χ4n) is 1.77. The molecule has 0 aliphatic rings. The number of aromatic carboxylic acids is 1. The Morgan fingerprint density at radius 2 is 2.26 bits per heavy atom. The molecule has 100 valence electrons. The first-order valence-corrected chi connectivity index (χ1v) is 6.50. The summed E-state index contributed by atoms with van der Waals surface area (Å²) >= 11 is 3.38. The highest BCUT2D eigenvalue weighted by atomic mass is 79.9. The number of hydrogen-bond acceptors (Lipinski definition) is 3. The third-order valence-corrected chi connectivity index (χ3v) is 3.36. The standard InChI is InChI=1S/C13H13BrN2O3/c1-3-16-7-9(13(17)18)12(15-16)8-4-5-11(19-2)10(14)6-8/h4-7H,3H2,1-2H3,(H,17,18). The zero-order valence-corrected chi connectivity index (χ0v) is 12.1. The van der Waals surface area contributed by atoms with Gasteiger partial charge in [0.05, 0.1) is 11.6 Å². The van der Waals surface area contributed by atoms with Gasteiger partial charge in [0.2, 0.25) is 0 Å². The predicted octanol–water partition coefficient (Wildman–Crippen LogP) is 3.04. The molecule has 5 nitrogen and oxygen atoms in total. The first kappa shape index (κ1) is 13.6. The van der Waals surface area contributed by atoms with Crippen molar-refractivity contribution in [3.63, 3.8) is 0 Å². The highest BCUT2D eigenvalue weighted by Crippen LogP contribution is 2.31. The molecule has 0 saturated heterocycles. The Morgan fingerprint density at radius 1 is 1.53 bits per heavy atom. The van der Waals surface area contributed by atoms with Crippen molar-refractivity contribution in [3.05, 3.63) is 34.4 Å². The average Bonchev–Trinajstić information content (AvgIpc) is 2.83. The molecule has 2 aromatic rings. The summed E-state index contributed by atoms with van der Waals surface area (Å²) in [6, 6.07) is 5.36. The molecule has 6 heteroatoms. The molecule has 0 bridgehead atoms. The second-order valence-electron chi connectivity index (χ2n) is 3.90. The maximum atomic E-state index is 11.2. The molecule has 1 aromatic carbocycles. The van der Waals surface area contributed by atoms with E-state index in [0.717, 1.165) is 10.0 Å². The van der Waals surface area contributed by atoms with Crippen LogP contribution in [-0.4, -0.2) is 28.0 Å². The van der Waals surface area contributed by atoms with Crippen LogP contribution < -0.4 is 4.74 Å². The number of carboxylic acid groups (broad SMARTS) is 1.